The van der Waals surface area contributed by atoms with Gasteiger partial charge in [-0.2, -0.15) is 8.39 Å². The topological polar surface area (TPSA) is 73.6 Å². The second kappa shape index (κ2) is 8.97. The molecule has 1 aromatic rings. The number of rotatable bonds is 8. The highest BCUT2D eigenvalue weighted by Gasteiger charge is 2.08. The van der Waals surface area contributed by atoms with Gasteiger partial charge >= 0.3 is 0 Å². The minimum absolute atomic E-state index is 0.0539. The van der Waals surface area contributed by atoms with E-state index in [2.05, 4.69) is 5.32 Å². The molecule has 2 unspecified atom stereocenters. The molecule has 5 nitrogen and oxygen atoms in total. The van der Waals surface area contributed by atoms with Crippen LogP contribution >= 0.6 is 18.2 Å². The molecule has 0 aromatic heterocycles. The van der Waals surface area contributed by atoms with Crippen LogP contribution in [0.5, 0.6) is 11.5 Å². The van der Waals surface area contributed by atoms with Crippen molar-refractivity contribution in [2.24, 2.45) is 5.73 Å². The van der Waals surface area contributed by atoms with Crippen molar-refractivity contribution in [3.05, 3.63) is 23.8 Å². The van der Waals surface area contributed by atoms with Crippen molar-refractivity contribution in [2.75, 3.05) is 13.1 Å². The smallest absolute Gasteiger partial charge is 0.261 e. The van der Waals surface area contributed by atoms with Gasteiger partial charge in [-0.3, -0.25) is 4.79 Å². The maximum atomic E-state index is 12.2. The highest BCUT2D eigenvalue weighted by atomic mass is 31.1. The van der Waals surface area contributed by atoms with Gasteiger partial charge < -0.3 is 20.1 Å². The lowest BCUT2D eigenvalue weighted by Crippen LogP contribution is -2.30. The van der Waals surface area contributed by atoms with Crippen LogP contribution in [0.25, 0.3) is 0 Å². The van der Waals surface area contributed by atoms with Crippen LogP contribution in [-0.4, -0.2) is 19.0 Å². The lowest BCUT2D eigenvalue weighted by atomic mass is 10.1. The fourth-order valence-electron chi connectivity index (χ4n) is 1.40. The number of amides is 1. The van der Waals surface area contributed by atoms with E-state index in [0.29, 0.717) is 18.7 Å². The molecule has 0 aliphatic carbocycles. The fourth-order valence-corrected chi connectivity index (χ4v) is 1.81. The van der Waals surface area contributed by atoms with Gasteiger partial charge in [0, 0.05) is 19.2 Å². The molecule has 9 heteroatoms. The molecule has 0 saturated carbocycles. The third-order valence-corrected chi connectivity index (χ3v) is 2.71. The quantitative estimate of drug-likeness (QED) is 0.721. The van der Waals surface area contributed by atoms with Crippen LogP contribution in [0, 0.1) is 0 Å². The molecule has 0 bridgehead atoms. The molecule has 0 aliphatic heterocycles. The average Bonchev–Trinajstić information content (AvgIpc) is 2.37. The number of benzene rings is 1. The van der Waals surface area contributed by atoms with Crippen molar-refractivity contribution in [1.29, 1.82) is 0 Å². The van der Waals surface area contributed by atoms with E-state index in [1.54, 1.807) is 0 Å². The Balaban J connectivity index is 2.77. The van der Waals surface area contributed by atoms with Gasteiger partial charge in [0.15, 0.2) is 0 Å². The van der Waals surface area contributed by atoms with Crippen molar-refractivity contribution in [1.82, 2.24) is 5.32 Å². The molecule has 0 heterocycles. The van der Waals surface area contributed by atoms with Gasteiger partial charge in [0.2, 0.25) is 5.91 Å². The number of hydrogen-bond acceptors (Lipinski definition) is 4. The van der Waals surface area contributed by atoms with Crippen molar-refractivity contribution in [3.63, 3.8) is 0 Å². The second-order valence-corrected chi connectivity index (χ2v) is 4.20. The molecule has 106 valence electrons. The lowest BCUT2D eigenvalue weighted by molar-refractivity contribution is -0.120. The monoisotopic (exact) mass is 310 g/mol. The highest BCUT2D eigenvalue weighted by Crippen LogP contribution is 2.31. The fraction of sp³-hybridized carbons (Fsp3) is 0.300. The molecule has 0 fully saturated rings. The summed E-state index contributed by atoms with van der Waals surface area (Å²) in [6.45, 7) is 0.714. The van der Waals surface area contributed by atoms with E-state index >= 15 is 0 Å². The van der Waals surface area contributed by atoms with Crippen LogP contribution in [0.4, 0.5) is 8.39 Å². The summed E-state index contributed by atoms with van der Waals surface area (Å²) in [5.41, 5.74) is 5.80. The summed E-state index contributed by atoms with van der Waals surface area (Å²) in [7, 11) is -2.48. The first-order chi connectivity index (χ1) is 9.19. The Bertz CT molecular complexity index is 400. The van der Waals surface area contributed by atoms with E-state index in [-0.39, 0.29) is 23.8 Å². The van der Waals surface area contributed by atoms with Gasteiger partial charge in [0.25, 0.3) is 18.2 Å². The zero-order valence-electron chi connectivity index (χ0n) is 9.91. The summed E-state index contributed by atoms with van der Waals surface area (Å²) in [4.78, 5) is 11.5. The van der Waals surface area contributed by atoms with E-state index in [1.807, 2.05) is 0 Å². The van der Waals surface area contributed by atoms with Crippen LogP contribution in [0.2, 0.25) is 0 Å². The summed E-state index contributed by atoms with van der Waals surface area (Å²) in [6.07, 6.45) is 0.0539. The SMILES string of the molecule is NCCNC(=O)Cc1cc(OPF)cc(OPF)c1. The van der Waals surface area contributed by atoms with Crippen molar-refractivity contribution in [3.8, 4) is 11.5 Å². The predicted octanol–water partition coefficient (Wildman–Crippen LogP) is 2.02. The molecule has 0 aliphatic rings. The lowest BCUT2D eigenvalue weighted by Gasteiger charge is -2.09. The van der Waals surface area contributed by atoms with E-state index in [9.17, 15) is 13.2 Å². The molecular formula is C10H14F2N2O3P2. The standard InChI is InChI=1S/C10H14F2N2O3P2/c11-18-16-8-3-7(4-9(6-8)17-19-12)5-10(15)14-2-1-13/h3-4,6,18-19H,1-2,5,13H2,(H,14,15). The van der Waals surface area contributed by atoms with E-state index < -0.39 is 18.2 Å². The first-order valence-corrected chi connectivity index (χ1v) is 6.92. The first kappa shape index (κ1) is 16.0. The Morgan fingerprint density at radius 3 is 2.26 bits per heavy atom. The Labute approximate surface area is 113 Å². The molecule has 2 atom stereocenters. The minimum atomic E-state index is -1.24. The summed E-state index contributed by atoms with van der Waals surface area (Å²) in [5.74, 6) is 0.148. The third-order valence-electron chi connectivity index (χ3n) is 2.08. The van der Waals surface area contributed by atoms with Crippen LogP contribution in [0.1, 0.15) is 5.56 Å². The minimum Gasteiger partial charge on any atom is -0.446 e. The number of nitrogens with one attached hydrogen (secondary N) is 1. The maximum absolute atomic E-state index is 12.2. The Morgan fingerprint density at radius 1 is 1.21 bits per heavy atom. The van der Waals surface area contributed by atoms with E-state index in [0.717, 1.165) is 0 Å². The molecule has 1 amide bonds. The van der Waals surface area contributed by atoms with Crippen LogP contribution in [0.3, 0.4) is 0 Å². The number of nitrogens with two attached hydrogens (primary N) is 1. The van der Waals surface area contributed by atoms with Gasteiger partial charge in [-0.15, -0.1) is 0 Å². The van der Waals surface area contributed by atoms with Gasteiger partial charge in [-0.05, 0) is 17.7 Å². The highest BCUT2D eigenvalue weighted by molar-refractivity contribution is 7.26. The Morgan fingerprint density at radius 2 is 1.79 bits per heavy atom. The van der Waals surface area contributed by atoms with Gasteiger partial charge in [0.05, 0.1) is 6.42 Å². The van der Waals surface area contributed by atoms with E-state index in [4.69, 9.17) is 14.8 Å². The first-order valence-electron chi connectivity index (χ1n) is 5.35. The van der Waals surface area contributed by atoms with Crippen LogP contribution in [-0.2, 0) is 11.2 Å². The zero-order chi connectivity index (χ0) is 14.1. The molecule has 3 N–H and O–H groups in total. The van der Waals surface area contributed by atoms with Gasteiger partial charge in [-0.25, -0.2) is 0 Å². The van der Waals surface area contributed by atoms with Crippen LogP contribution < -0.4 is 20.1 Å². The Kier molecular flexibility index (Phi) is 7.56. The van der Waals surface area contributed by atoms with Crippen molar-refractivity contribution in [2.45, 2.75) is 6.42 Å². The summed E-state index contributed by atoms with van der Waals surface area (Å²) < 4.78 is 33.7. The summed E-state index contributed by atoms with van der Waals surface area (Å²) >= 11 is 0. The molecule has 19 heavy (non-hydrogen) atoms. The van der Waals surface area contributed by atoms with Gasteiger partial charge in [-0.1, -0.05) is 0 Å². The van der Waals surface area contributed by atoms with Crippen LogP contribution in [0.15, 0.2) is 18.2 Å². The zero-order valence-corrected chi connectivity index (χ0v) is 11.9. The number of carbonyl (C=O) groups excluding carboxylic acids is 1. The summed E-state index contributed by atoms with van der Waals surface area (Å²) in [6, 6.07) is 4.37. The molecule has 0 radical (unpaired) electrons. The second-order valence-electron chi connectivity index (χ2n) is 3.49. The molecule has 1 aromatic carbocycles. The third kappa shape index (κ3) is 6.10. The summed E-state index contributed by atoms with van der Waals surface area (Å²) in [5, 5.41) is 2.59. The van der Waals surface area contributed by atoms with Crippen molar-refractivity contribution < 1.29 is 22.2 Å². The normalized spacial score (nSPS) is 11.3. The number of carbonyl (C=O) groups is 1. The van der Waals surface area contributed by atoms with Crippen molar-refractivity contribution >= 4 is 24.1 Å². The maximum Gasteiger partial charge on any atom is 0.261 e. The number of halogens is 2. The Hall–Kier alpha value is -1.03. The molecule has 0 saturated heterocycles. The predicted molar refractivity (Wildman–Crippen MR) is 72.3 cm³/mol. The molecule has 1 rings (SSSR count). The molecule has 0 spiro atoms. The largest absolute Gasteiger partial charge is 0.446 e. The number of hydrogen-bond donors (Lipinski definition) is 2. The van der Waals surface area contributed by atoms with Gasteiger partial charge in [0.1, 0.15) is 11.5 Å². The molecular weight excluding hydrogens is 296 g/mol. The average molecular weight is 310 g/mol. The van der Waals surface area contributed by atoms with E-state index in [1.165, 1.54) is 18.2 Å².